The van der Waals surface area contributed by atoms with Gasteiger partial charge in [-0.25, -0.2) is 14.8 Å². The first-order valence-electron chi connectivity index (χ1n) is 11.7. The number of carboxylic acids is 1. The molecule has 0 atom stereocenters. The van der Waals surface area contributed by atoms with Crippen LogP contribution < -0.4 is 10.5 Å². The maximum atomic E-state index is 12.8. The van der Waals surface area contributed by atoms with Crippen LogP contribution in [0.15, 0.2) is 48.5 Å². The summed E-state index contributed by atoms with van der Waals surface area (Å²) in [7, 11) is 1.63. The molecule has 0 fully saturated rings. The van der Waals surface area contributed by atoms with Crippen molar-refractivity contribution in [3.05, 3.63) is 59.9 Å². The molecule has 4 rings (SSSR count). The van der Waals surface area contributed by atoms with E-state index in [4.69, 9.17) is 36.9 Å². The number of amides is 1. The number of halogens is 1. The van der Waals surface area contributed by atoms with Crippen molar-refractivity contribution in [1.82, 2.24) is 19.4 Å². The number of benzene rings is 2. The first-order chi connectivity index (χ1) is 17.9. The number of carboxylic acid groups (broad SMARTS) is 1. The van der Waals surface area contributed by atoms with Gasteiger partial charge in [-0.15, -0.1) is 11.6 Å². The lowest BCUT2D eigenvalue weighted by Gasteiger charge is -2.23. The number of carbonyl (C=O) groups is 2. The molecule has 0 saturated heterocycles. The topological polar surface area (TPSA) is 133 Å². The minimum atomic E-state index is -1.07. The Kier molecular flexibility index (Phi) is 8.42. The quantitative estimate of drug-likeness (QED) is 0.270. The molecule has 1 amide bonds. The Hall–Kier alpha value is -3.89. The largest absolute Gasteiger partial charge is 0.482 e. The second kappa shape index (κ2) is 11.9. The zero-order valence-electron chi connectivity index (χ0n) is 20.4. The number of pyridine rings is 1. The molecule has 0 unspecified atom stereocenters. The Bertz CT molecular complexity index is 1420. The van der Waals surface area contributed by atoms with Gasteiger partial charge in [-0.05, 0) is 23.8 Å². The van der Waals surface area contributed by atoms with Crippen LogP contribution in [0.5, 0.6) is 5.75 Å². The number of hydrogen-bond donors (Lipinski definition) is 2. The van der Waals surface area contributed by atoms with E-state index in [-0.39, 0.29) is 18.3 Å². The number of nitrogens with two attached hydrogens (primary N) is 1. The van der Waals surface area contributed by atoms with E-state index >= 15 is 0 Å². The first-order valence-corrected chi connectivity index (χ1v) is 12.2. The summed E-state index contributed by atoms with van der Waals surface area (Å²) in [6.45, 7) is 1.11. The number of aromatic nitrogens is 3. The molecule has 37 heavy (non-hydrogen) atoms. The number of anilines is 1. The predicted molar refractivity (Wildman–Crippen MR) is 141 cm³/mol. The first kappa shape index (κ1) is 26.2. The van der Waals surface area contributed by atoms with Crippen molar-refractivity contribution in [2.75, 3.05) is 38.5 Å². The van der Waals surface area contributed by atoms with Gasteiger partial charge in [0.15, 0.2) is 12.4 Å². The fourth-order valence-corrected chi connectivity index (χ4v) is 4.40. The van der Waals surface area contributed by atoms with Crippen LogP contribution >= 0.6 is 11.6 Å². The number of carbonyl (C=O) groups excluding carboxylic acids is 1. The van der Waals surface area contributed by atoms with Gasteiger partial charge >= 0.3 is 5.97 Å². The number of hydrogen-bond acceptors (Lipinski definition) is 7. The normalized spacial score (nSPS) is 11.2. The van der Waals surface area contributed by atoms with E-state index in [1.54, 1.807) is 30.2 Å². The van der Waals surface area contributed by atoms with Gasteiger partial charge in [-0.2, -0.15) is 0 Å². The summed E-state index contributed by atoms with van der Waals surface area (Å²) in [6, 6.07) is 14.7. The number of methoxy groups -OCH3 is 1. The summed E-state index contributed by atoms with van der Waals surface area (Å²) in [5.74, 6) is 0.0741. The van der Waals surface area contributed by atoms with Gasteiger partial charge < -0.3 is 29.8 Å². The highest BCUT2D eigenvalue weighted by Gasteiger charge is 2.20. The molecule has 2 heterocycles. The summed E-state index contributed by atoms with van der Waals surface area (Å²) >= 11 is 5.94. The van der Waals surface area contributed by atoms with Crippen molar-refractivity contribution < 1.29 is 24.2 Å². The number of nitrogens with zero attached hydrogens (tertiary/aromatic N) is 4. The van der Waals surface area contributed by atoms with Crippen LogP contribution in [0.3, 0.4) is 0 Å². The lowest BCUT2D eigenvalue weighted by atomic mass is 10.2. The maximum Gasteiger partial charge on any atom is 0.341 e. The van der Waals surface area contributed by atoms with Crippen LogP contribution in [0.4, 0.5) is 5.82 Å². The molecule has 0 aliphatic heterocycles. The molecular formula is C26H28ClN5O5. The fraction of sp³-hybridized carbons (Fsp3) is 0.308. The molecule has 194 valence electrons. The molecule has 0 saturated carbocycles. The van der Waals surface area contributed by atoms with Crippen LogP contribution in [-0.4, -0.2) is 69.2 Å². The zero-order valence-corrected chi connectivity index (χ0v) is 21.1. The van der Waals surface area contributed by atoms with Gasteiger partial charge in [0.05, 0.1) is 17.6 Å². The third-order valence-corrected chi connectivity index (χ3v) is 6.14. The van der Waals surface area contributed by atoms with E-state index < -0.39 is 12.6 Å². The van der Waals surface area contributed by atoms with Crippen LogP contribution in [0, 0.1) is 0 Å². The van der Waals surface area contributed by atoms with Gasteiger partial charge in [0.2, 0.25) is 5.91 Å². The van der Waals surface area contributed by atoms with E-state index in [1.165, 1.54) is 0 Å². The van der Waals surface area contributed by atoms with Crippen molar-refractivity contribution in [3.63, 3.8) is 0 Å². The molecule has 10 nitrogen and oxygen atoms in total. The smallest absolute Gasteiger partial charge is 0.341 e. The number of imidazole rings is 1. The highest BCUT2D eigenvalue weighted by Crippen LogP contribution is 2.29. The molecule has 0 bridgehead atoms. The van der Waals surface area contributed by atoms with Crippen molar-refractivity contribution in [3.8, 4) is 5.75 Å². The molecule has 0 radical (unpaired) electrons. The number of aliphatic carboxylic acids is 1. The van der Waals surface area contributed by atoms with Crippen LogP contribution in [0.2, 0.25) is 0 Å². The third kappa shape index (κ3) is 6.10. The Morgan fingerprint density at radius 3 is 2.73 bits per heavy atom. The fourth-order valence-electron chi connectivity index (χ4n) is 4.23. The SMILES string of the molecule is COCCc1nc2c(N)nc3ccccc3c2n1CCN(Cc1cccc(OCC(=O)O)c1)C(=O)CCl. The van der Waals surface area contributed by atoms with E-state index in [1.807, 2.05) is 30.3 Å². The average molecular weight is 526 g/mol. The lowest BCUT2D eigenvalue weighted by Crippen LogP contribution is -2.34. The summed E-state index contributed by atoms with van der Waals surface area (Å²) in [5.41, 5.74) is 9.29. The zero-order chi connectivity index (χ0) is 26.4. The van der Waals surface area contributed by atoms with Gasteiger partial charge in [-0.3, -0.25) is 4.79 Å². The Labute approximate surface area is 218 Å². The van der Waals surface area contributed by atoms with E-state index in [0.717, 1.165) is 27.8 Å². The number of nitrogen functional groups attached to an aromatic ring is 1. The number of fused-ring (bicyclic) bond motifs is 3. The van der Waals surface area contributed by atoms with Gasteiger partial charge in [-0.1, -0.05) is 30.3 Å². The predicted octanol–water partition coefficient (Wildman–Crippen LogP) is 3.09. The lowest BCUT2D eigenvalue weighted by molar-refractivity contribution is -0.139. The molecule has 2 aromatic heterocycles. The van der Waals surface area contributed by atoms with Crippen LogP contribution in [0.1, 0.15) is 11.4 Å². The van der Waals surface area contributed by atoms with Crippen molar-refractivity contribution in [2.24, 2.45) is 0 Å². The minimum absolute atomic E-state index is 0.170. The Morgan fingerprint density at radius 1 is 1.16 bits per heavy atom. The third-order valence-electron chi connectivity index (χ3n) is 5.91. The van der Waals surface area contributed by atoms with Gasteiger partial charge in [0.25, 0.3) is 0 Å². The summed E-state index contributed by atoms with van der Waals surface area (Å²) in [4.78, 5) is 34.5. The van der Waals surface area contributed by atoms with Crippen LogP contribution in [-0.2, 0) is 33.8 Å². The number of rotatable bonds is 12. The van der Waals surface area contributed by atoms with Crippen molar-refractivity contribution in [1.29, 1.82) is 0 Å². The number of para-hydroxylation sites is 1. The van der Waals surface area contributed by atoms with Gasteiger partial charge in [0, 0.05) is 38.6 Å². The summed E-state index contributed by atoms with van der Waals surface area (Å²) < 4.78 is 12.6. The highest BCUT2D eigenvalue weighted by atomic mass is 35.5. The standard InChI is InChI=1S/C26H28ClN5O5/c1-36-12-9-21-30-24-25(19-7-2-3-8-20(19)29-26(24)28)32(21)11-10-31(22(33)14-27)15-17-5-4-6-18(13-17)37-16-23(34)35/h2-8,13H,9-12,14-16H2,1H3,(H2,28,29)(H,34,35). The van der Waals surface area contributed by atoms with E-state index in [9.17, 15) is 9.59 Å². The van der Waals surface area contributed by atoms with E-state index in [0.29, 0.717) is 43.2 Å². The number of alkyl halides is 1. The molecule has 11 heteroatoms. The van der Waals surface area contributed by atoms with Crippen molar-refractivity contribution >= 4 is 51.2 Å². The molecule has 0 aliphatic rings. The van der Waals surface area contributed by atoms with Crippen LogP contribution in [0.25, 0.3) is 21.9 Å². The van der Waals surface area contributed by atoms with Gasteiger partial charge in [0.1, 0.15) is 23.0 Å². The minimum Gasteiger partial charge on any atom is -0.482 e. The maximum absolute atomic E-state index is 12.8. The molecule has 0 spiro atoms. The van der Waals surface area contributed by atoms with Crippen molar-refractivity contribution in [2.45, 2.75) is 19.5 Å². The highest BCUT2D eigenvalue weighted by molar-refractivity contribution is 6.27. The second-order valence-corrected chi connectivity index (χ2v) is 8.68. The molecular weight excluding hydrogens is 498 g/mol. The van der Waals surface area contributed by atoms with E-state index in [2.05, 4.69) is 9.55 Å². The monoisotopic (exact) mass is 525 g/mol. The molecule has 3 N–H and O–H groups in total. The Balaban J connectivity index is 1.65. The summed E-state index contributed by atoms with van der Waals surface area (Å²) in [5, 5.41) is 9.79. The number of ether oxygens (including phenoxy) is 2. The summed E-state index contributed by atoms with van der Waals surface area (Å²) in [6.07, 6.45) is 0.561. The molecule has 0 aliphatic carbocycles. The Morgan fingerprint density at radius 2 is 1.97 bits per heavy atom. The molecule has 2 aromatic carbocycles. The molecule has 4 aromatic rings. The second-order valence-electron chi connectivity index (χ2n) is 8.41. The average Bonchev–Trinajstić information content (AvgIpc) is 3.27.